The van der Waals surface area contributed by atoms with Crippen LogP contribution >= 0.6 is 28.1 Å². The Bertz CT molecular complexity index is 629. The molecule has 1 N–H and O–H groups in total. The average Bonchev–Trinajstić information content (AvgIpc) is 2.35. The molecule has 2 aromatic heterocycles. The first-order chi connectivity index (χ1) is 8.61. The zero-order valence-electron chi connectivity index (χ0n) is 9.90. The third-order valence-corrected chi connectivity index (χ3v) is 3.65. The number of halogens is 1. The van der Waals surface area contributed by atoms with E-state index in [1.165, 1.54) is 0 Å². The number of methoxy groups -OCH3 is 1. The summed E-state index contributed by atoms with van der Waals surface area (Å²) in [5.74, 6) is 1.30. The van der Waals surface area contributed by atoms with Gasteiger partial charge in [-0.1, -0.05) is 12.2 Å². The van der Waals surface area contributed by atoms with Gasteiger partial charge >= 0.3 is 0 Å². The van der Waals surface area contributed by atoms with Crippen LogP contribution < -0.4 is 0 Å². The molecule has 0 fully saturated rings. The summed E-state index contributed by atoms with van der Waals surface area (Å²) in [5, 5.41) is 0. The second kappa shape index (κ2) is 5.64. The summed E-state index contributed by atoms with van der Waals surface area (Å²) in [4.78, 5) is 15.8. The Morgan fingerprint density at radius 1 is 1.44 bits per heavy atom. The predicted octanol–water partition coefficient (Wildman–Crippen LogP) is 2.81. The molecule has 18 heavy (non-hydrogen) atoms. The van der Waals surface area contributed by atoms with Gasteiger partial charge in [-0.15, -0.1) is 0 Å². The minimum absolute atomic E-state index is 0.420. The maximum atomic E-state index is 5.20. The molecular weight excluding hydrogens is 316 g/mol. The fourth-order valence-corrected chi connectivity index (χ4v) is 1.98. The van der Waals surface area contributed by atoms with Crippen LogP contribution in [0, 0.1) is 11.6 Å². The highest BCUT2D eigenvalue weighted by molar-refractivity contribution is 9.10. The van der Waals surface area contributed by atoms with E-state index in [0.717, 1.165) is 10.2 Å². The van der Waals surface area contributed by atoms with E-state index in [1.54, 1.807) is 19.4 Å². The largest absolute Gasteiger partial charge is 0.378 e. The van der Waals surface area contributed by atoms with Crippen molar-refractivity contribution in [1.82, 2.24) is 19.9 Å². The fraction of sp³-hybridized carbons (Fsp3) is 0.273. The fourth-order valence-electron chi connectivity index (χ4n) is 1.46. The lowest BCUT2D eigenvalue weighted by atomic mass is 10.3. The number of hydrogen-bond donors (Lipinski definition) is 1. The molecule has 0 atom stereocenters. The van der Waals surface area contributed by atoms with Crippen molar-refractivity contribution in [2.75, 3.05) is 7.11 Å². The number of aromatic nitrogens is 4. The van der Waals surface area contributed by atoms with Gasteiger partial charge in [0.05, 0.1) is 16.8 Å². The molecule has 0 saturated carbocycles. The van der Waals surface area contributed by atoms with Crippen molar-refractivity contribution in [2.24, 2.45) is 0 Å². The zero-order chi connectivity index (χ0) is 13.1. The summed E-state index contributed by atoms with van der Waals surface area (Å²) >= 11 is 8.59. The highest BCUT2D eigenvalue weighted by Gasteiger charge is 2.09. The van der Waals surface area contributed by atoms with Crippen LogP contribution in [0.15, 0.2) is 16.7 Å². The van der Waals surface area contributed by atoms with E-state index in [0.29, 0.717) is 28.6 Å². The number of nitrogens with zero attached hydrogens (tertiary/aromatic N) is 3. The standard InChI is InChI=1S/C11H11BrN4OS/c1-6-13-4-3-7(14-6)10-15-8(5-17-2)9(12)11(18)16-10/h3-4H,5H2,1-2H3,(H,15,16,18). The zero-order valence-corrected chi connectivity index (χ0v) is 12.3. The highest BCUT2D eigenvalue weighted by atomic mass is 79.9. The Kier molecular flexibility index (Phi) is 4.15. The molecule has 7 heteroatoms. The van der Waals surface area contributed by atoms with Crippen LogP contribution in [0.5, 0.6) is 0 Å². The van der Waals surface area contributed by atoms with Gasteiger partial charge < -0.3 is 9.72 Å². The molecule has 0 aliphatic rings. The van der Waals surface area contributed by atoms with Gasteiger partial charge in [-0.05, 0) is 28.9 Å². The molecule has 0 radical (unpaired) electrons. The number of nitrogens with one attached hydrogen (secondary N) is 1. The number of aryl methyl sites for hydroxylation is 1. The number of ether oxygens (including phenoxy) is 1. The molecule has 94 valence electrons. The molecule has 2 heterocycles. The summed E-state index contributed by atoms with van der Waals surface area (Å²) < 4.78 is 6.33. The summed E-state index contributed by atoms with van der Waals surface area (Å²) in [6.45, 7) is 2.25. The monoisotopic (exact) mass is 326 g/mol. The molecule has 0 unspecified atom stereocenters. The summed E-state index contributed by atoms with van der Waals surface area (Å²) in [7, 11) is 1.62. The van der Waals surface area contributed by atoms with Gasteiger partial charge in [-0.25, -0.2) is 15.0 Å². The maximum Gasteiger partial charge on any atom is 0.158 e. The average molecular weight is 327 g/mol. The quantitative estimate of drug-likeness (QED) is 0.878. The van der Waals surface area contributed by atoms with E-state index in [2.05, 4.69) is 35.9 Å². The van der Waals surface area contributed by atoms with Crippen molar-refractivity contribution in [2.45, 2.75) is 13.5 Å². The normalized spacial score (nSPS) is 10.6. The van der Waals surface area contributed by atoms with Crippen molar-refractivity contribution >= 4 is 28.1 Å². The van der Waals surface area contributed by atoms with Crippen molar-refractivity contribution in [1.29, 1.82) is 0 Å². The van der Waals surface area contributed by atoms with Gasteiger partial charge in [-0.3, -0.25) is 0 Å². The first kappa shape index (κ1) is 13.3. The number of aromatic amines is 1. The van der Waals surface area contributed by atoms with Crippen LogP contribution in [-0.2, 0) is 11.3 Å². The van der Waals surface area contributed by atoms with Crippen molar-refractivity contribution in [3.63, 3.8) is 0 Å². The third kappa shape index (κ3) is 2.80. The minimum atomic E-state index is 0.420. The Morgan fingerprint density at radius 3 is 2.89 bits per heavy atom. The Balaban J connectivity index is 2.55. The van der Waals surface area contributed by atoms with Crippen LogP contribution in [0.1, 0.15) is 11.5 Å². The molecule has 2 aromatic rings. The van der Waals surface area contributed by atoms with Gasteiger partial charge in [0.15, 0.2) is 5.82 Å². The van der Waals surface area contributed by atoms with Crippen LogP contribution in [0.4, 0.5) is 0 Å². The lowest BCUT2D eigenvalue weighted by Gasteiger charge is -2.07. The smallest absolute Gasteiger partial charge is 0.158 e. The molecule has 0 amide bonds. The molecule has 5 nitrogen and oxygen atoms in total. The van der Waals surface area contributed by atoms with Gasteiger partial charge in [0.1, 0.15) is 16.2 Å². The van der Waals surface area contributed by atoms with Gasteiger partial charge in [-0.2, -0.15) is 0 Å². The second-order valence-corrected chi connectivity index (χ2v) is 4.78. The predicted molar refractivity (Wildman–Crippen MR) is 73.6 cm³/mol. The Hall–Kier alpha value is -1.18. The summed E-state index contributed by atoms with van der Waals surface area (Å²) in [5.41, 5.74) is 1.54. The SMILES string of the molecule is COCc1[nH]c(-c2ccnc(C)n2)nc(=S)c1Br. The van der Waals surface area contributed by atoms with E-state index < -0.39 is 0 Å². The van der Waals surface area contributed by atoms with Crippen LogP contribution in [0.3, 0.4) is 0 Å². The van der Waals surface area contributed by atoms with E-state index in [1.807, 2.05) is 6.92 Å². The molecule has 0 aliphatic heterocycles. The maximum absolute atomic E-state index is 5.20. The van der Waals surface area contributed by atoms with E-state index in [9.17, 15) is 0 Å². The van der Waals surface area contributed by atoms with E-state index >= 15 is 0 Å². The highest BCUT2D eigenvalue weighted by Crippen LogP contribution is 2.20. The number of rotatable bonds is 3. The lowest BCUT2D eigenvalue weighted by molar-refractivity contribution is 0.181. The summed E-state index contributed by atoms with van der Waals surface area (Å²) in [6.07, 6.45) is 1.69. The van der Waals surface area contributed by atoms with Crippen LogP contribution in [0.25, 0.3) is 11.5 Å². The molecule has 0 aromatic carbocycles. The first-order valence-corrected chi connectivity index (χ1v) is 6.39. The van der Waals surface area contributed by atoms with Crippen molar-refractivity contribution in [3.05, 3.63) is 32.9 Å². The molecule has 0 aliphatic carbocycles. The topological polar surface area (TPSA) is 63.7 Å². The lowest BCUT2D eigenvalue weighted by Crippen LogP contribution is -2.01. The first-order valence-electron chi connectivity index (χ1n) is 5.19. The van der Waals surface area contributed by atoms with E-state index in [-0.39, 0.29) is 0 Å². The molecular formula is C11H11BrN4OS. The van der Waals surface area contributed by atoms with Gasteiger partial charge in [0, 0.05) is 13.3 Å². The number of H-pyrrole nitrogens is 1. The summed E-state index contributed by atoms with van der Waals surface area (Å²) in [6, 6.07) is 1.78. The Labute approximate surface area is 118 Å². The number of hydrogen-bond acceptors (Lipinski definition) is 5. The van der Waals surface area contributed by atoms with Gasteiger partial charge in [0.25, 0.3) is 0 Å². The van der Waals surface area contributed by atoms with Crippen LogP contribution in [0.2, 0.25) is 0 Å². The second-order valence-electron chi connectivity index (χ2n) is 3.61. The van der Waals surface area contributed by atoms with Gasteiger partial charge in [0.2, 0.25) is 0 Å². The van der Waals surface area contributed by atoms with Crippen molar-refractivity contribution < 1.29 is 4.74 Å². The molecule has 2 rings (SSSR count). The third-order valence-electron chi connectivity index (χ3n) is 2.24. The van der Waals surface area contributed by atoms with Crippen LogP contribution in [-0.4, -0.2) is 27.0 Å². The molecule has 0 bridgehead atoms. The van der Waals surface area contributed by atoms with Crippen molar-refractivity contribution in [3.8, 4) is 11.5 Å². The van der Waals surface area contributed by atoms with E-state index in [4.69, 9.17) is 17.0 Å². The molecule has 0 saturated heterocycles. The molecule has 0 spiro atoms. The minimum Gasteiger partial charge on any atom is -0.378 e. The Morgan fingerprint density at radius 2 is 2.22 bits per heavy atom.